The van der Waals surface area contributed by atoms with Crippen LogP contribution in [0.3, 0.4) is 0 Å². The molecule has 0 amide bonds. The van der Waals surface area contributed by atoms with Gasteiger partial charge in [0.1, 0.15) is 0 Å². The fraction of sp³-hybridized carbons (Fsp3) is 0. The van der Waals surface area contributed by atoms with Crippen LogP contribution >= 0.6 is 34.0 Å². The first-order valence-electron chi connectivity index (χ1n) is 19.6. The third kappa shape index (κ3) is 5.26. The Kier molecular flexibility index (Phi) is 7.83. The zero-order valence-electron chi connectivity index (χ0n) is 31.2. The first kappa shape index (κ1) is 33.6. The summed E-state index contributed by atoms with van der Waals surface area (Å²) >= 11 is 5.61. The molecule has 0 aliphatic carbocycles. The molecule has 272 valence electrons. The van der Waals surface area contributed by atoms with Crippen LogP contribution in [0.5, 0.6) is 0 Å². The van der Waals surface area contributed by atoms with E-state index in [9.17, 15) is 0 Å². The molecule has 0 unspecified atom stereocenters. The van der Waals surface area contributed by atoms with E-state index >= 15 is 0 Å². The zero-order chi connectivity index (χ0) is 38.2. The normalized spacial score (nSPS) is 11.8. The van der Waals surface area contributed by atoms with Gasteiger partial charge in [-0.2, -0.15) is 0 Å². The minimum Gasteiger partial charge on any atom is -0.309 e. The van der Waals surface area contributed by atoms with Crippen molar-refractivity contribution in [1.29, 1.82) is 0 Å². The average Bonchev–Trinajstić information content (AvgIpc) is 3.99. The van der Waals surface area contributed by atoms with Gasteiger partial charge in [0.15, 0.2) is 0 Å². The number of rotatable bonds is 6. The van der Waals surface area contributed by atoms with Gasteiger partial charge >= 0.3 is 0 Å². The molecule has 3 aromatic heterocycles. The van der Waals surface area contributed by atoms with Crippen LogP contribution in [0, 0.1) is 0 Å². The van der Waals surface area contributed by atoms with E-state index in [4.69, 9.17) is 0 Å². The summed E-state index contributed by atoms with van der Waals surface area (Å²) in [5.74, 6) is 0. The molecule has 0 saturated heterocycles. The maximum atomic E-state index is 2.52. The molecule has 0 aliphatic rings. The quantitative estimate of drug-likeness (QED) is 0.162. The predicted octanol–water partition coefficient (Wildman–Crippen LogP) is 17.3. The van der Waals surface area contributed by atoms with Gasteiger partial charge in [0.25, 0.3) is 0 Å². The predicted molar refractivity (Wildman–Crippen MR) is 256 cm³/mol. The second-order valence-corrected chi connectivity index (χ2v) is 18.0. The smallest absolute Gasteiger partial charge is 0.0555 e. The summed E-state index contributed by atoms with van der Waals surface area (Å²) in [5, 5.41) is 7.82. The zero-order valence-corrected chi connectivity index (χ0v) is 33.7. The molecular weight excluding hydrogens is 759 g/mol. The maximum absolute atomic E-state index is 2.52. The van der Waals surface area contributed by atoms with E-state index in [1.165, 1.54) is 99.6 Å². The van der Waals surface area contributed by atoms with Crippen LogP contribution in [0.15, 0.2) is 200 Å². The number of thiophene rings is 3. The molecule has 0 bridgehead atoms. The lowest BCUT2D eigenvalue weighted by atomic mass is 9.90. The molecule has 58 heavy (non-hydrogen) atoms. The van der Waals surface area contributed by atoms with Crippen LogP contribution in [0.2, 0.25) is 0 Å². The topological polar surface area (TPSA) is 3.24 Å². The Bertz CT molecular complexity index is 3520. The highest BCUT2D eigenvalue weighted by molar-refractivity contribution is 7.26. The van der Waals surface area contributed by atoms with E-state index in [2.05, 4.69) is 205 Å². The van der Waals surface area contributed by atoms with Crippen LogP contribution in [0.4, 0.5) is 17.1 Å². The largest absolute Gasteiger partial charge is 0.309 e. The monoisotopic (exact) mass is 791 g/mol. The van der Waals surface area contributed by atoms with E-state index in [0.717, 1.165) is 11.4 Å². The number of nitrogens with zero attached hydrogens (tertiary/aromatic N) is 1. The van der Waals surface area contributed by atoms with Crippen molar-refractivity contribution in [1.82, 2.24) is 0 Å². The van der Waals surface area contributed by atoms with Crippen molar-refractivity contribution in [2.24, 2.45) is 0 Å². The minimum atomic E-state index is 1.11. The lowest BCUT2D eigenvalue weighted by Crippen LogP contribution is -2.12. The van der Waals surface area contributed by atoms with Crippen LogP contribution in [0.25, 0.3) is 93.9 Å². The van der Waals surface area contributed by atoms with Gasteiger partial charge in [0.2, 0.25) is 0 Å². The Hall–Kier alpha value is -6.56. The molecule has 4 heteroatoms. The molecule has 0 N–H and O–H groups in total. The van der Waals surface area contributed by atoms with Crippen LogP contribution in [0.1, 0.15) is 0 Å². The number of hydrogen-bond acceptors (Lipinski definition) is 4. The van der Waals surface area contributed by atoms with Gasteiger partial charge in [-0.05, 0) is 88.5 Å². The van der Waals surface area contributed by atoms with Crippen molar-refractivity contribution >= 4 is 112 Å². The Morgan fingerprint density at radius 2 is 0.724 bits per heavy atom. The Labute approximate surface area is 347 Å². The number of anilines is 3. The fourth-order valence-electron chi connectivity index (χ4n) is 9.01. The maximum Gasteiger partial charge on any atom is 0.0555 e. The molecule has 0 spiro atoms. The summed E-state index contributed by atoms with van der Waals surface area (Å²) in [6.45, 7) is 0. The molecule has 0 radical (unpaired) electrons. The van der Waals surface area contributed by atoms with Crippen molar-refractivity contribution in [3.8, 4) is 33.4 Å². The highest BCUT2D eigenvalue weighted by Crippen LogP contribution is 2.51. The first-order chi connectivity index (χ1) is 28.8. The molecule has 0 atom stereocenters. The summed E-state index contributed by atoms with van der Waals surface area (Å²) in [6, 6.07) is 74.0. The van der Waals surface area contributed by atoms with E-state index in [-0.39, 0.29) is 0 Å². The van der Waals surface area contributed by atoms with E-state index in [1.807, 2.05) is 34.0 Å². The summed E-state index contributed by atoms with van der Waals surface area (Å²) in [5.41, 5.74) is 10.8. The number of hydrogen-bond donors (Lipinski definition) is 0. The summed E-state index contributed by atoms with van der Waals surface area (Å²) in [6.07, 6.45) is 0. The fourth-order valence-corrected chi connectivity index (χ4v) is 12.4. The Morgan fingerprint density at radius 1 is 0.276 bits per heavy atom. The minimum absolute atomic E-state index is 1.11. The Morgan fingerprint density at radius 3 is 1.36 bits per heavy atom. The number of benzene rings is 9. The van der Waals surface area contributed by atoms with Crippen LogP contribution in [-0.2, 0) is 0 Å². The van der Waals surface area contributed by atoms with Crippen molar-refractivity contribution in [2.45, 2.75) is 0 Å². The second kappa shape index (κ2) is 13.5. The van der Waals surface area contributed by atoms with Gasteiger partial charge in [-0.15, -0.1) is 34.0 Å². The summed E-state index contributed by atoms with van der Waals surface area (Å²) < 4.78 is 7.83. The van der Waals surface area contributed by atoms with Crippen molar-refractivity contribution in [3.63, 3.8) is 0 Å². The van der Waals surface area contributed by atoms with Crippen LogP contribution in [-0.4, -0.2) is 0 Å². The molecule has 0 fully saturated rings. The van der Waals surface area contributed by atoms with Crippen molar-refractivity contribution in [2.75, 3.05) is 4.90 Å². The van der Waals surface area contributed by atoms with Gasteiger partial charge in [-0.25, -0.2) is 0 Å². The van der Waals surface area contributed by atoms with E-state index in [1.54, 1.807) is 0 Å². The Balaban J connectivity index is 1.14. The number of fused-ring (bicyclic) bond motifs is 9. The second-order valence-electron chi connectivity index (χ2n) is 14.8. The van der Waals surface area contributed by atoms with E-state index < -0.39 is 0 Å². The van der Waals surface area contributed by atoms with Gasteiger partial charge in [-0.3, -0.25) is 0 Å². The summed E-state index contributed by atoms with van der Waals surface area (Å²) in [7, 11) is 0. The van der Waals surface area contributed by atoms with E-state index in [0.29, 0.717) is 0 Å². The van der Waals surface area contributed by atoms with Gasteiger partial charge in [0.05, 0.1) is 11.4 Å². The van der Waals surface area contributed by atoms with Gasteiger partial charge in [-0.1, -0.05) is 140 Å². The molecule has 1 nitrogen and oxygen atoms in total. The standard InChI is InChI=1S/C54H33NS3/c1-2-14-35(15-3-1)51-38(39-21-12-28-49-53(39)41-17-5-8-25-46(41)57-49)20-10-22-43(51)55(44-23-13-29-50-54(44)42-18-6-9-26-47(42)58-50)36-32-30-34(31-33-36)37-19-11-27-48-52(37)40-16-4-7-24-45(40)56-48/h1-33H. The third-order valence-corrected chi connectivity index (χ3v) is 14.9. The molecule has 12 aromatic rings. The lowest BCUT2D eigenvalue weighted by Gasteiger charge is -2.30. The molecule has 0 saturated carbocycles. The molecular formula is C54H33NS3. The van der Waals surface area contributed by atoms with Crippen LogP contribution < -0.4 is 4.90 Å². The molecule has 9 aromatic carbocycles. The van der Waals surface area contributed by atoms with Gasteiger partial charge < -0.3 is 4.90 Å². The van der Waals surface area contributed by atoms with Gasteiger partial charge in [0, 0.05) is 71.8 Å². The van der Waals surface area contributed by atoms with Crippen molar-refractivity contribution in [3.05, 3.63) is 200 Å². The molecule has 0 aliphatic heterocycles. The third-order valence-electron chi connectivity index (χ3n) is 11.5. The highest BCUT2D eigenvalue weighted by atomic mass is 32.1. The van der Waals surface area contributed by atoms with Crippen molar-refractivity contribution < 1.29 is 0 Å². The highest BCUT2D eigenvalue weighted by Gasteiger charge is 2.25. The summed E-state index contributed by atoms with van der Waals surface area (Å²) in [4.78, 5) is 2.52. The average molecular weight is 792 g/mol. The first-order valence-corrected chi connectivity index (χ1v) is 22.0. The SMILES string of the molecule is c1ccc(-c2c(-c3cccc4sc5ccccc5c34)cccc2N(c2ccc(-c3cccc4sc5ccccc5c34)cc2)c2cccc3sc4ccccc4c23)cc1. The lowest BCUT2D eigenvalue weighted by molar-refractivity contribution is 1.30. The molecule has 3 heterocycles. The molecule has 12 rings (SSSR count).